The number of ether oxygens (including phenoxy) is 1. The third-order valence-corrected chi connectivity index (χ3v) is 6.21. The van der Waals surface area contributed by atoms with Gasteiger partial charge in [0.1, 0.15) is 12.4 Å². The standard InChI is InChI=1S/C29H42N2O/c1-24(2)17-20-31(27-12-9-19-30(22-27)21-18-29(3,4)5)26-13-15-28(16-14-26)32-23-25-10-7-6-8-11-25/h6-8,10-11,13-17,27H,9,12,18-23H2,1-5H3. The molecule has 1 atom stereocenters. The summed E-state index contributed by atoms with van der Waals surface area (Å²) in [5.41, 5.74) is 4.25. The van der Waals surface area contributed by atoms with Crippen LogP contribution in [-0.4, -0.2) is 37.1 Å². The van der Waals surface area contributed by atoms with E-state index in [1.54, 1.807) is 0 Å². The molecule has 2 aromatic carbocycles. The number of nitrogens with zero attached hydrogens (tertiary/aromatic N) is 2. The van der Waals surface area contributed by atoms with E-state index in [2.05, 4.69) is 99.0 Å². The molecule has 0 spiro atoms. The maximum atomic E-state index is 6.01. The topological polar surface area (TPSA) is 15.7 Å². The van der Waals surface area contributed by atoms with Gasteiger partial charge in [-0.2, -0.15) is 0 Å². The monoisotopic (exact) mass is 434 g/mol. The number of rotatable bonds is 9. The first kappa shape index (κ1) is 24.4. The Bertz CT molecular complexity index is 832. The summed E-state index contributed by atoms with van der Waals surface area (Å²) in [4.78, 5) is 5.27. The van der Waals surface area contributed by atoms with Crippen LogP contribution < -0.4 is 9.64 Å². The van der Waals surface area contributed by atoms with Crippen molar-refractivity contribution in [3.8, 4) is 5.75 Å². The molecule has 0 radical (unpaired) electrons. The van der Waals surface area contributed by atoms with Gasteiger partial charge in [-0.05, 0) is 81.4 Å². The molecule has 1 fully saturated rings. The van der Waals surface area contributed by atoms with E-state index in [1.165, 1.54) is 49.2 Å². The fourth-order valence-electron chi connectivity index (χ4n) is 4.20. The number of anilines is 1. The van der Waals surface area contributed by atoms with Gasteiger partial charge >= 0.3 is 0 Å². The quantitative estimate of drug-likeness (QED) is 0.398. The predicted octanol–water partition coefficient (Wildman–Crippen LogP) is 6.94. The van der Waals surface area contributed by atoms with Crippen LogP contribution in [0.2, 0.25) is 0 Å². The minimum atomic E-state index is 0.393. The maximum absolute atomic E-state index is 6.01. The lowest BCUT2D eigenvalue weighted by molar-refractivity contribution is 0.179. The average molecular weight is 435 g/mol. The van der Waals surface area contributed by atoms with Crippen molar-refractivity contribution in [3.63, 3.8) is 0 Å². The van der Waals surface area contributed by atoms with Crippen molar-refractivity contribution in [2.45, 2.75) is 66.5 Å². The molecule has 0 saturated carbocycles. The van der Waals surface area contributed by atoms with E-state index < -0.39 is 0 Å². The van der Waals surface area contributed by atoms with Crippen LogP contribution >= 0.6 is 0 Å². The Morgan fingerprint density at radius 1 is 1.06 bits per heavy atom. The summed E-state index contributed by atoms with van der Waals surface area (Å²) < 4.78 is 6.01. The zero-order valence-electron chi connectivity index (χ0n) is 20.8. The molecule has 0 aliphatic carbocycles. The molecule has 0 aromatic heterocycles. The number of piperidine rings is 1. The lowest BCUT2D eigenvalue weighted by Gasteiger charge is -2.41. The molecule has 1 aliphatic heterocycles. The molecule has 1 aliphatic rings. The number of hydrogen-bond acceptors (Lipinski definition) is 3. The Morgan fingerprint density at radius 2 is 1.78 bits per heavy atom. The normalized spacial score (nSPS) is 17.1. The van der Waals surface area contributed by atoms with Crippen LogP contribution in [0.25, 0.3) is 0 Å². The number of likely N-dealkylation sites (tertiary alicyclic amines) is 1. The fourth-order valence-corrected chi connectivity index (χ4v) is 4.20. The summed E-state index contributed by atoms with van der Waals surface area (Å²) >= 11 is 0. The summed E-state index contributed by atoms with van der Waals surface area (Å²) in [6.45, 7) is 16.6. The highest BCUT2D eigenvalue weighted by Gasteiger charge is 2.26. The molecule has 174 valence electrons. The second-order valence-corrected chi connectivity index (χ2v) is 10.6. The van der Waals surface area contributed by atoms with Crippen LogP contribution in [0.4, 0.5) is 5.69 Å². The van der Waals surface area contributed by atoms with Crippen molar-refractivity contribution >= 4 is 5.69 Å². The van der Waals surface area contributed by atoms with Gasteiger partial charge in [-0.1, -0.05) is 62.8 Å². The van der Waals surface area contributed by atoms with E-state index in [1.807, 2.05) is 6.07 Å². The Morgan fingerprint density at radius 3 is 2.44 bits per heavy atom. The Balaban J connectivity index is 1.67. The maximum Gasteiger partial charge on any atom is 0.119 e. The van der Waals surface area contributed by atoms with Crippen LogP contribution in [-0.2, 0) is 6.61 Å². The fraction of sp³-hybridized carbons (Fsp3) is 0.517. The largest absolute Gasteiger partial charge is 0.489 e. The molecule has 32 heavy (non-hydrogen) atoms. The van der Waals surface area contributed by atoms with Crippen LogP contribution in [0.1, 0.15) is 59.4 Å². The first-order valence-electron chi connectivity index (χ1n) is 12.2. The van der Waals surface area contributed by atoms with Crippen LogP contribution in [0.15, 0.2) is 66.2 Å². The van der Waals surface area contributed by atoms with E-state index >= 15 is 0 Å². The van der Waals surface area contributed by atoms with Crippen molar-refractivity contribution in [1.29, 1.82) is 0 Å². The highest BCUT2D eigenvalue weighted by Crippen LogP contribution is 2.27. The number of hydrogen-bond donors (Lipinski definition) is 0. The molecule has 0 amide bonds. The third-order valence-electron chi connectivity index (χ3n) is 6.21. The van der Waals surface area contributed by atoms with E-state index in [0.29, 0.717) is 18.1 Å². The van der Waals surface area contributed by atoms with E-state index in [9.17, 15) is 0 Å². The zero-order chi connectivity index (χ0) is 23.0. The number of allylic oxidation sites excluding steroid dienone is 1. The first-order chi connectivity index (χ1) is 15.3. The van der Waals surface area contributed by atoms with Crippen LogP contribution in [0.5, 0.6) is 5.75 Å². The van der Waals surface area contributed by atoms with Crippen molar-refractivity contribution in [1.82, 2.24) is 4.90 Å². The Kier molecular flexibility index (Phi) is 8.81. The highest BCUT2D eigenvalue weighted by molar-refractivity contribution is 5.51. The van der Waals surface area contributed by atoms with Crippen molar-refractivity contribution in [2.24, 2.45) is 5.41 Å². The Hall–Kier alpha value is -2.26. The van der Waals surface area contributed by atoms with E-state index in [4.69, 9.17) is 4.74 Å². The second kappa shape index (κ2) is 11.6. The molecular formula is C29H42N2O. The minimum Gasteiger partial charge on any atom is -0.489 e. The minimum absolute atomic E-state index is 0.393. The molecule has 1 heterocycles. The highest BCUT2D eigenvalue weighted by atomic mass is 16.5. The van der Waals surface area contributed by atoms with Crippen LogP contribution in [0, 0.1) is 5.41 Å². The molecule has 3 rings (SSSR count). The van der Waals surface area contributed by atoms with Crippen molar-refractivity contribution in [3.05, 3.63) is 71.8 Å². The van der Waals surface area contributed by atoms with Gasteiger partial charge in [-0.15, -0.1) is 0 Å². The van der Waals surface area contributed by atoms with Gasteiger partial charge in [0.05, 0.1) is 0 Å². The first-order valence-corrected chi connectivity index (χ1v) is 12.2. The summed E-state index contributed by atoms with van der Waals surface area (Å²) in [5, 5.41) is 0. The lowest BCUT2D eigenvalue weighted by Crippen LogP contribution is -2.48. The summed E-state index contributed by atoms with van der Waals surface area (Å²) in [6.07, 6.45) is 6.14. The van der Waals surface area contributed by atoms with Gasteiger partial charge in [0.25, 0.3) is 0 Å². The zero-order valence-corrected chi connectivity index (χ0v) is 20.8. The van der Waals surface area contributed by atoms with Gasteiger partial charge in [-0.25, -0.2) is 0 Å². The van der Waals surface area contributed by atoms with Crippen molar-refractivity contribution < 1.29 is 4.74 Å². The molecule has 1 saturated heterocycles. The predicted molar refractivity (Wildman–Crippen MR) is 138 cm³/mol. The molecular weight excluding hydrogens is 392 g/mol. The van der Waals surface area contributed by atoms with Gasteiger partial charge in [0, 0.05) is 24.8 Å². The SMILES string of the molecule is CC(C)=CCN(c1ccc(OCc2ccccc2)cc1)C1CCCN(CCC(C)(C)C)C1. The molecule has 3 nitrogen and oxygen atoms in total. The van der Waals surface area contributed by atoms with E-state index in [0.717, 1.165) is 18.8 Å². The molecule has 2 aromatic rings. The van der Waals surface area contributed by atoms with E-state index in [-0.39, 0.29) is 0 Å². The summed E-state index contributed by atoms with van der Waals surface area (Å²) in [5.74, 6) is 0.926. The molecule has 3 heteroatoms. The number of benzene rings is 2. The van der Waals surface area contributed by atoms with Crippen LogP contribution in [0.3, 0.4) is 0 Å². The summed E-state index contributed by atoms with van der Waals surface area (Å²) in [7, 11) is 0. The van der Waals surface area contributed by atoms with Crippen molar-refractivity contribution in [2.75, 3.05) is 31.1 Å². The summed E-state index contributed by atoms with van der Waals surface area (Å²) in [6, 6.07) is 19.6. The molecule has 0 N–H and O–H groups in total. The smallest absolute Gasteiger partial charge is 0.119 e. The van der Waals surface area contributed by atoms with Gasteiger partial charge in [0.2, 0.25) is 0 Å². The molecule has 1 unspecified atom stereocenters. The third kappa shape index (κ3) is 8.02. The Labute approximate surface area is 196 Å². The van der Waals surface area contributed by atoms with Gasteiger partial charge in [0.15, 0.2) is 0 Å². The molecule has 0 bridgehead atoms. The van der Waals surface area contributed by atoms with Gasteiger partial charge in [-0.3, -0.25) is 0 Å². The van der Waals surface area contributed by atoms with Gasteiger partial charge < -0.3 is 14.5 Å². The average Bonchev–Trinajstić information content (AvgIpc) is 2.78. The lowest BCUT2D eigenvalue weighted by atomic mass is 9.91. The second-order valence-electron chi connectivity index (χ2n) is 10.6.